The molecular formula is C21H31N3O2. The predicted molar refractivity (Wildman–Crippen MR) is 104 cm³/mol. The van der Waals surface area contributed by atoms with Gasteiger partial charge in [-0.25, -0.2) is 0 Å². The molecule has 0 aliphatic rings. The van der Waals surface area contributed by atoms with E-state index in [1.54, 1.807) is 12.0 Å². The Hall–Kier alpha value is -2.30. The van der Waals surface area contributed by atoms with Gasteiger partial charge in [-0.2, -0.15) is 5.10 Å². The highest BCUT2D eigenvalue weighted by Crippen LogP contribution is 2.18. The molecule has 5 heteroatoms. The van der Waals surface area contributed by atoms with E-state index in [2.05, 4.69) is 30.6 Å². The van der Waals surface area contributed by atoms with Crippen LogP contribution in [0, 0.1) is 19.8 Å². The van der Waals surface area contributed by atoms with Crippen molar-refractivity contribution in [3.8, 4) is 5.75 Å². The van der Waals surface area contributed by atoms with Gasteiger partial charge in [0.05, 0.1) is 12.8 Å². The standard InChI is InChI=1S/C21H31N3O2/c1-15(2)13-24-17(4)20(16(3)22-24)11-12-21(25)23(5)14-18-7-9-19(26-6)10-8-18/h7-10,15H,11-14H2,1-6H3. The summed E-state index contributed by atoms with van der Waals surface area (Å²) in [7, 11) is 3.51. The van der Waals surface area contributed by atoms with E-state index in [1.807, 2.05) is 38.2 Å². The quantitative estimate of drug-likeness (QED) is 0.723. The van der Waals surface area contributed by atoms with Gasteiger partial charge in [0.15, 0.2) is 0 Å². The molecule has 0 unspecified atom stereocenters. The molecule has 1 aromatic carbocycles. The number of carbonyl (C=O) groups is 1. The van der Waals surface area contributed by atoms with E-state index in [9.17, 15) is 4.79 Å². The zero-order valence-corrected chi connectivity index (χ0v) is 16.9. The third-order valence-electron chi connectivity index (χ3n) is 4.66. The molecule has 1 amide bonds. The van der Waals surface area contributed by atoms with Crippen molar-refractivity contribution in [2.24, 2.45) is 5.92 Å². The molecule has 0 atom stereocenters. The second kappa shape index (κ2) is 8.88. The van der Waals surface area contributed by atoms with Crippen molar-refractivity contribution >= 4 is 5.91 Å². The van der Waals surface area contributed by atoms with Crippen molar-refractivity contribution in [3.05, 3.63) is 46.8 Å². The van der Waals surface area contributed by atoms with E-state index in [1.165, 1.54) is 11.3 Å². The number of nitrogens with zero attached hydrogens (tertiary/aromatic N) is 3. The fraction of sp³-hybridized carbons (Fsp3) is 0.524. The predicted octanol–water partition coefficient (Wildman–Crippen LogP) is 3.76. The normalized spacial score (nSPS) is 11.0. The maximum Gasteiger partial charge on any atom is 0.222 e. The van der Waals surface area contributed by atoms with Crippen LogP contribution >= 0.6 is 0 Å². The van der Waals surface area contributed by atoms with Crippen LogP contribution in [-0.4, -0.2) is 34.7 Å². The van der Waals surface area contributed by atoms with Gasteiger partial charge < -0.3 is 9.64 Å². The number of ether oxygens (including phenoxy) is 1. The molecule has 2 rings (SSSR count). The van der Waals surface area contributed by atoms with Crippen LogP contribution in [0.1, 0.15) is 42.8 Å². The minimum atomic E-state index is 0.149. The molecule has 5 nitrogen and oxygen atoms in total. The van der Waals surface area contributed by atoms with Crippen LogP contribution < -0.4 is 4.74 Å². The van der Waals surface area contributed by atoms with E-state index in [0.29, 0.717) is 18.9 Å². The Labute approximate surface area is 157 Å². The summed E-state index contributed by atoms with van der Waals surface area (Å²) in [5, 5.41) is 4.64. The number of hydrogen-bond acceptors (Lipinski definition) is 3. The van der Waals surface area contributed by atoms with Gasteiger partial charge in [0, 0.05) is 32.3 Å². The minimum absolute atomic E-state index is 0.149. The maximum absolute atomic E-state index is 12.5. The summed E-state index contributed by atoms with van der Waals surface area (Å²) < 4.78 is 7.24. The van der Waals surface area contributed by atoms with Crippen LogP contribution in [0.3, 0.4) is 0 Å². The molecule has 0 aliphatic heterocycles. The first-order chi connectivity index (χ1) is 12.3. The first kappa shape index (κ1) is 20.0. The molecule has 0 fully saturated rings. The van der Waals surface area contributed by atoms with E-state index in [0.717, 1.165) is 30.0 Å². The Bertz CT molecular complexity index is 732. The van der Waals surface area contributed by atoms with Gasteiger partial charge in [-0.1, -0.05) is 26.0 Å². The molecule has 26 heavy (non-hydrogen) atoms. The van der Waals surface area contributed by atoms with Crippen LogP contribution in [0.25, 0.3) is 0 Å². The van der Waals surface area contributed by atoms with Crippen molar-refractivity contribution < 1.29 is 9.53 Å². The highest BCUT2D eigenvalue weighted by Gasteiger charge is 2.15. The Morgan fingerprint density at radius 2 is 1.88 bits per heavy atom. The highest BCUT2D eigenvalue weighted by molar-refractivity contribution is 5.76. The van der Waals surface area contributed by atoms with Crippen molar-refractivity contribution in [3.63, 3.8) is 0 Å². The largest absolute Gasteiger partial charge is 0.497 e. The van der Waals surface area contributed by atoms with Gasteiger partial charge in [-0.15, -0.1) is 0 Å². The zero-order chi connectivity index (χ0) is 19.3. The van der Waals surface area contributed by atoms with Gasteiger partial charge in [0.1, 0.15) is 5.75 Å². The Balaban J connectivity index is 1.94. The zero-order valence-electron chi connectivity index (χ0n) is 16.9. The first-order valence-corrected chi connectivity index (χ1v) is 9.21. The molecule has 0 aliphatic carbocycles. The summed E-state index contributed by atoms with van der Waals surface area (Å²) in [6.45, 7) is 10.0. The Morgan fingerprint density at radius 1 is 1.23 bits per heavy atom. The van der Waals surface area contributed by atoms with Crippen LogP contribution in [0.15, 0.2) is 24.3 Å². The molecular weight excluding hydrogens is 326 g/mol. The molecule has 0 spiro atoms. The first-order valence-electron chi connectivity index (χ1n) is 9.21. The summed E-state index contributed by atoms with van der Waals surface area (Å²) in [5.41, 5.74) is 4.52. The second-order valence-corrected chi connectivity index (χ2v) is 7.32. The fourth-order valence-electron chi connectivity index (χ4n) is 3.14. The van der Waals surface area contributed by atoms with E-state index < -0.39 is 0 Å². The summed E-state index contributed by atoms with van der Waals surface area (Å²) >= 11 is 0. The second-order valence-electron chi connectivity index (χ2n) is 7.32. The number of methoxy groups -OCH3 is 1. The lowest BCUT2D eigenvalue weighted by atomic mass is 10.1. The van der Waals surface area contributed by atoms with Gasteiger partial charge in [-0.05, 0) is 49.4 Å². The Kier molecular flexibility index (Phi) is 6.83. The maximum atomic E-state index is 12.5. The SMILES string of the molecule is COc1ccc(CN(C)C(=O)CCc2c(C)nn(CC(C)C)c2C)cc1. The fourth-order valence-corrected chi connectivity index (χ4v) is 3.14. The van der Waals surface area contributed by atoms with Gasteiger partial charge in [0.25, 0.3) is 0 Å². The monoisotopic (exact) mass is 357 g/mol. The number of benzene rings is 1. The van der Waals surface area contributed by atoms with Gasteiger partial charge >= 0.3 is 0 Å². The van der Waals surface area contributed by atoms with Crippen molar-refractivity contribution in [1.29, 1.82) is 0 Å². The summed E-state index contributed by atoms with van der Waals surface area (Å²) in [4.78, 5) is 14.3. The van der Waals surface area contributed by atoms with Crippen LogP contribution in [0.4, 0.5) is 0 Å². The van der Waals surface area contributed by atoms with Crippen molar-refractivity contribution in [1.82, 2.24) is 14.7 Å². The molecule has 0 radical (unpaired) electrons. The third-order valence-corrected chi connectivity index (χ3v) is 4.66. The molecule has 1 aromatic heterocycles. The third kappa shape index (κ3) is 5.10. The number of aryl methyl sites for hydroxylation is 1. The van der Waals surface area contributed by atoms with E-state index in [-0.39, 0.29) is 5.91 Å². The molecule has 1 heterocycles. The topological polar surface area (TPSA) is 47.4 Å². The van der Waals surface area contributed by atoms with Crippen molar-refractivity contribution in [2.75, 3.05) is 14.2 Å². The lowest BCUT2D eigenvalue weighted by molar-refractivity contribution is -0.130. The molecule has 0 bridgehead atoms. The Morgan fingerprint density at radius 3 is 2.46 bits per heavy atom. The summed E-state index contributed by atoms with van der Waals surface area (Å²) in [5.74, 6) is 1.53. The lowest BCUT2D eigenvalue weighted by Gasteiger charge is -2.17. The van der Waals surface area contributed by atoms with Crippen molar-refractivity contribution in [2.45, 2.75) is 53.6 Å². The molecule has 142 valence electrons. The summed E-state index contributed by atoms with van der Waals surface area (Å²) in [6.07, 6.45) is 1.24. The smallest absolute Gasteiger partial charge is 0.222 e. The van der Waals surface area contributed by atoms with Gasteiger partial charge in [-0.3, -0.25) is 9.48 Å². The van der Waals surface area contributed by atoms with Gasteiger partial charge in [0.2, 0.25) is 5.91 Å². The van der Waals surface area contributed by atoms with Crippen LogP contribution in [0.2, 0.25) is 0 Å². The minimum Gasteiger partial charge on any atom is -0.497 e. The highest BCUT2D eigenvalue weighted by atomic mass is 16.5. The summed E-state index contributed by atoms with van der Waals surface area (Å²) in [6, 6.07) is 7.83. The van der Waals surface area contributed by atoms with Crippen LogP contribution in [-0.2, 0) is 24.3 Å². The number of aromatic nitrogens is 2. The number of carbonyl (C=O) groups excluding carboxylic acids is 1. The molecule has 0 N–H and O–H groups in total. The van der Waals surface area contributed by atoms with E-state index >= 15 is 0 Å². The molecule has 0 saturated heterocycles. The number of amides is 1. The average molecular weight is 357 g/mol. The molecule has 2 aromatic rings. The number of hydrogen-bond donors (Lipinski definition) is 0. The van der Waals surface area contributed by atoms with E-state index in [4.69, 9.17) is 4.74 Å². The lowest BCUT2D eigenvalue weighted by Crippen LogP contribution is -2.26. The molecule has 0 saturated carbocycles. The average Bonchev–Trinajstić information content (AvgIpc) is 2.86. The number of rotatable bonds is 8. The van der Waals surface area contributed by atoms with Crippen LogP contribution in [0.5, 0.6) is 5.75 Å².